The average Bonchev–Trinajstić information content (AvgIpc) is 3.05. The summed E-state index contributed by atoms with van der Waals surface area (Å²) in [6.45, 7) is 6.03. The van der Waals surface area contributed by atoms with Crippen molar-refractivity contribution < 1.29 is 4.79 Å². The molecule has 0 saturated carbocycles. The predicted molar refractivity (Wildman–Crippen MR) is 135 cm³/mol. The van der Waals surface area contributed by atoms with Crippen molar-refractivity contribution in [2.24, 2.45) is 7.05 Å². The fraction of sp³-hybridized carbons (Fsp3) is 0.304. The van der Waals surface area contributed by atoms with Crippen LogP contribution in [0.25, 0.3) is 6.08 Å². The summed E-state index contributed by atoms with van der Waals surface area (Å²) in [6.07, 6.45) is 2.49. The summed E-state index contributed by atoms with van der Waals surface area (Å²) in [5.41, 5.74) is 1.60. The molecule has 9 heteroatoms. The maximum absolute atomic E-state index is 13.1. The van der Waals surface area contributed by atoms with Crippen molar-refractivity contribution in [1.82, 2.24) is 9.47 Å². The van der Waals surface area contributed by atoms with Gasteiger partial charge in [0.15, 0.2) is 0 Å². The number of hydrogen-bond donors (Lipinski definition) is 1. The van der Waals surface area contributed by atoms with Crippen LogP contribution in [0.5, 0.6) is 0 Å². The predicted octanol–water partition coefficient (Wildman–Crippen LogP) is 4.83. The van der Waals surface area contributed by atoms with E-state index in [1.807, 2.05) is 38.1 Å². The van der Waals surface area contributed by atoms with E-state index in [0.29, 0.717) is 37.7 Å². The van der Waals surface area contributed by atoms with Crippen LogP contribution in [0.1, 0.15) is 42.5 Å². The third-order valence-electron chi connectivity index (χ3n) is 5.53. The van der Waals surface area contributed by atoms with Crippen molar-refractivity contribution in [3.05, 3.63) is 66.8 Å². The van der Waals surface area contributed by atoms with Crippen LogP contribution in [0.4, 0.5) is 5.82 Å². The van der Waals surface area contributed by atoms with E-state index in [1.165, 1.54) is 16.3 Å². The Kier molecular flexibility index (Phi) is 7.44. The minimum Gasteiger partial charge on any atom is -0.367 e. The van der Waals surface area contributed by atoms with Crippen molar-refractivity contribution in [2.45, 2.75) is 39.8 Å². The molecule has 0 spiro atoms. The Balaban J connectivity index is 2.11. The lowest BCUT2D eigenvalue weighted by atomic mass is 10.0. The summed E-state index contributed by atoms with van der Waals surface area (Å²) in [5.74, 6) is 0.332. The van der Waals surface area contributed by atoms with E-state index in [9.17, 15) is 14.9 Å². The number of halogens is 1. The molecule has 1 aromatic heterocycles. The van der Waals surface area contributed by atoms with Crippen molar-refractivity contribution in [1.29, 1.82) is 5.26 Å². The van der Waals surface area contributed by atoms with Crippen molar-refractivity contribution >= 4 is 57.7 Å². The largest absolute Gasteiger partial charge is 0.367 e. The zero-order chi connectivity index (χ0) is 23.6. The molecule has 1 saturated heterocycles. The van der Waals surface area contributed by atoms with Crippen molar-refractivity contribution in [3.63, 3.8) is 0 Å². The maximum Gasteiger partial charge on any atom is 0.270 e. The van der Waals surface area contributed by atoms with Crippen LogP contribution in [0.15, 0.2) is 34.0 Å². The van der Waals surface area contributed by atoms with E-state index >= 15 is 0 Å². The second-order valence-corrected chi connectivity index (χ2v) is 9.58. The fourth-order valence-electron chi connectivity index (χ4n) is 3.44. The van der Waals surface area contributed by atoms with Gasteiger partial charge in [0.1, 0.15) is 21.8 Å². The Hall–Kier alpha value is -2.60. The van der Waals surface area contributed by atoms with E-state index in [0.717, 1.165) is 12.0 Å². The first kappa shape index (κ1) is 24.1. The first-order valence-corrected chi connectivity index (χ1v) is 11.7. The van der Waals surface area contributed by atoms with Crippen LogP contribution >= 0.6 is 35.6 Å². The second kappa shape index (κ2) is 9.90. The van der Waals surface area contributed by atoms with Crippen molar-refractivity contribution in [3.8, 4) is 6.07 Å². The van der Waals surface area contributed by atoms with Gasteiger partial charge in [-0.3, -0.25) is 19.1 Å². The van der Waals surface area contributed by atoms with Gasteiger partial charge in [0.2, 0.25) is 0 Å². The van der Waals surface area contributed by atoms with E-state index < -0.39 is 5.56 Å². The molecule has 0 bridgehead atoms. The number of aromatic nitrogens is 1. The average molecular weight is 487 g/mol. The first-order chi connectivity index (χ1) is 15.2. The lowest BCUT2D eigenvalue weighted by molar-refractivity contribution is -0.123. The van der Waals surface area contributed by atoms with Crippen molar-refractivity contribution in [2.75, 3.05) is 5.32 Å². The standard InChI is InChI=1S/C23H23ClN4O2S2/c1-5-13(2)28-22(30)19(32-23(28)31)10-16-14(3)17(11-25)21(29)27(4)20(16)26-12-15-8-6-7-9-18(15)24/h6-10,13,26H,5,12H2,1-4H3/b19-10+. The SMILES string of the molecule is CCC(C)N1C(=O)/C(=C\c2c(C)c(C#N)c(=O)n(C)c2NCc2ccccc2Cl)SC1=S. The Morgan fingerprint density at radius 2 is 2.03 bits per heavy atom. The second-order valence-electron chi connectivity index (χ2n) is 7.49. The van der Waals surface area contributed by atoms with Crippen LogP contribution in [0, 0.1) is 18.3 Å². The van der Waals surface area contributed by atoms with Crippen LogP contribution in [-0.2, 0) is 18.4 Å². The highest BCUT2D eigenvalue weighted by molar-refractivity contribution is 8.26. The molecule has 1 aromatic carbocycles. The zero-order valence-electron chi connectivity index (χ0n) is 18.2. The molecular weight excluding hydrogens is 464 g/mol. The Bertz CT molecular complexity index is 1230. The van der Waals surface area contributed by atoms with Gasteiger partial charge >= 0.3 is 0 Å². The minimum atomic E-state index is -0.407. The highest BCUT2D eigenvalue weighted by Crippen LogP contribution is 2.36. The Morgan fingerprint density at radius 1 is 1.34 bits per heavy atom. The number of carbonyl (C=O) groups excluding carboxylic acids is 1. The van der Waals surface area contributed by atoms with Gasteiger partial charge in [0, 0.05) is 30.2 Å². The van der Waals surface area contributed by atoms with E-state index in [-0.39, 0.29) is 17.5 Å². The van der Waals surface area contributed by atoms with Crippen LogP contribution in [-0.4, -0.2) is 25.7 Å². The number of rotatable bonds is 6. The summed E-state index contributed by atoms with van der Waals surface area (Å²) in [6, 6.07) is 9.40. The number of anilines is 1. The summed E-state index contributed by atoms with van der Waals surface area (Å²) >= 11 is 12.9. The number of amides is 1. The normalized spacial score (nSPS) is 15.9. The number of pyridine rings is 1. The number of hydrogen-bond acceptors (Lipinski definition) is 6. The molecule has 1 aliphatic heterocycles. The Labute approximate surface area is 201 Å². The molecule has 0 aliphatic carbocycles. The van der Waals surface area contributed by atoms with Gasteiger partial charge in [0.25, 0.3) is 11.5 Å². The smallest absolute Gasteiger partial charge is 0.270 e. The van der Waals surface area contributed by atoms with Gasteiger partial charge in [-0.15, -0.1) is 0 Å². The highest BCUT2D eigenvalue weighted by atomic mass is 35.5. The first-order valence-electron chi connectivity index (χ1n) is 10.1. The quantitative estimate of drug-likeness (QED) is 0.465. The Morgan fingerprint density at radius 3 is 2.66 bits per heavy atom. The minimum absolute atomic E-state index is 0.0119. The number of nitrogens with one attached hydrogen (secondary N) is 1. The van der Waals surface area contributed by atoms with Gasteiger partial charge in [-0.05, 0) is 43.5 Å². The molecule has 6 nitrogen and oxygen atoms in total. The van der Waals surface area contributed by atoms with Gasteiger partial charge in [-0.25, -0.2) is 0 Å². The van der Waals surface area contributed by atoms with Gasteiger partial charge in [0.05, 0.1) is 4.91 Å². The molecule has 2 aromatic rings. The molecule has 1 atom stereocenters. The van der Waals surface area contributed by atoms with E-state index in [4.69, 9.17) is 23.8 Å². The molecule has 1 N–H and O–H groups in total. The van der Waals surface area contributed by atoms with Crippen LogP contribution in [0.2, 0.25) is 5.02 Å². The summed E-state index contributed by atoms with van der Waals surface area (Å²) in [4.78, 5) is 27.9. The summed E-state index contributed by atoms with van der Waals surface area (Å²) in [5, 5.41) is 13.4. The highest BCUT2D eigenvalue weighted by Gasteiger charge is 2.35. The summed E-state index contributed by atoms with van der Waals surface area (Å²) in [7, 11) is 1.60. The number of carbonyl (C=O) groups is 1. The maximum atomic E-state index is 13.1. The lowest BCUT2D eigenvalue weighted by Crippen LogP contribution is -2.36. The molecule has 0 radical (unpaired) electrons. The zero-order valence-corrected chi connectivity index (χ0v) is 20.6. The molecule has 1 unspecified atom stereocenters. The van der Waals surface area contributed by atoms with Gasteiger partial charge in [-0.2, -0.15) is 5.26 Å². The molecule has 32 heavy (non-hydrogen) atoms. The monoisotopic (exact) mass is 486 g/mol. The molecule has 3 rings (SSSR count). The summed E-state index contributed by atoms with van der Waals surface area (Å²) < 4.78 is 1.90. The topological polar surface area (TPSA) is 78.1 Å². The van der Waals surface area contributed by atoms with Crippen LogP contribution < -0.4 is 10.9 Å². The molecule has 1 aliphatic rings. The lowest BCUT2D eigenvalue weighted by Gasteiger charge is -2.21. The molecular formula is C23H23ClN4O2S2. The number of nitrogens with zero attached hydrogens (tertiary/aromatic N) is 3. The number of nitriles is 1. The molecule has 1 fully saturated rings. The van der Waals surface area contributed by atoms with Gasteiger partial charge in [-0.1, -0.05) is 60.7 Å². The number of thiocarbonyl (C=S) groups is 1. The van der Waals surface area contributed by atoms with E-state index in [1.54, 1.807) is 31.0 Å². The molecule has 1 amide bonds. The van der Waals surface area contributed by atoms with Gasteiger partial charge < -0.3 is 5.32 Å². The third kappa shape index (κ3) is 4.46. The molecule has 166 valence electrons. The number of benzene rings is 1. The number of thioether (sulfide) groups is 1. The van der Waals surface area contributed by atoms with E-state index in [2.05, 4.69) is 5.32 Å². The third-order valence-corrected chi connectivity index (χ3v) is 7.23. The fourth-order valence-corrected chi connectivity index (χ4v) is 5.09. The molecule has 2 heterocycles. The van der Waals surface area contributed by atoms with Crippen LogP contribution in [0.3, 0.4) is 0 Å².